The molecule has 1 saturated heterocycles. The Kier molecular flexibility index (Phi) is 17.3. The van der Waals surface area contributed by atoms with Crippen LogP contribution in [0.2, 0.25) is 8.67 Å². The minimum atomic E-state index is -1.62. The number of methoxy groups -OCH3 is 1. The van der Waals surface area contributed by atoms with E-state index in [1.807, 2.05) is 29.0 Å². The Labute approximate surface area is 444 Å². The number of carbonyl (C=O) groups excluding carboxylic acids is 5. The summed E-state index contributed by atoms with van der Waals surface area (Å²) in [5.74, 6) is -4.63. The molecular weight excluding hydrogens is 1060 g/mol. The van der Waals surface area contributed by atoms with E-state index in [9.17, 15) is 38.4 Å². The third kappa shape index (κ3) is 13.0. The van der Waals surface area contributed by atoms with E-state index in [1.165, 1.54) is 64.2 Å². The summed E-state index contributed by atoms with van der Waals surface area (Å²) in [5, 5.41) is 24.7. The fraction of sp³-hybridized carbons (Fsp3) is 0.286. The van der Waals surface area contributed by atoms with Crippen LogP contribution in [0.1, 0.15) is 51.4 Å². The predicted molar refractivity (Wildman–Crippen MR) is 281 cm³/mol. The highest BCUT2D eigenvalue weighted by Gasteiger charge is 2.30. The number of ether oxygens (including phenoxy) is 2. The first kappa shape index (κ1) is 55.0. The largest absolute Gasteiger partial charge is 0.475 e. The Morgan fingerprint density at radius 2 is 1.53 bits per heavy atom. The number of rotatable bonds is 17. The number of aromatic nitrogens is 7. The molecule has 0 amide bonds. The van der Waals surface area contributed by atoms with E-state index in [4.69, 9.17) is 37.6 Å². The summed E-state index contributed by atoms with van der Waals surface area (Å²) in [6, 6.07) is 15.0. The van der Waals surface area contributed by atoms with Crippen LogP contribution in [-0.4, -0.2) is 115 Å². The van der Waals surface area contributed by atoms with Crippen molar-refractivity contribution in [2.75, 3.05) is 55.6 Å². The Morgan fingerprint density at radius 3 is 2.13 bits per heavy atom. The first-order chi connectivity index (χ1) is 35.7. The minimum absolute atomic E-state index is 0.0259. The number of nitrogens with zero attached hydrogens (tertiary/aromatic N) is 9. The molecule has 7 aromatic rings. The molecule has 1 aliphatic rings. The number of thiophene rings is 2. The Balaban J connectivity index is 0.000000221. The maximum Gasteiger partial charge on any atom is 0.376 e. The van der Waals surface area contributed by atoms with Crippen LogP contribution >= 0.6 is 45.9 Å². The molecule has 1 fully saturated rings. The standard InChI is InChI=1S/C25H23ClN6O7S.C24H25ClN4O5S/c1-37-25(36)18(33)14-31-7-5-16(22(24(31)35)30-8-10-38-11-9-30)17-12-21(27-13-15-2-3-20(26)40-15)32(29-17)23(34)19-4-6-28-39-19;1-6-14-11-28(13-18(30)22(32)33)21(31)9-16(14)17-10-20(29(26-17)23(34)24(2,3)4)27(5)12-15-7-8-19(25)35-15/h2-7,12,27H,8-11,13-14H2,1H3;6-11H,1,12-13H2,2-5H3,(H,32,33). The number of Topliss-reactive ketones (excluding diaryl/α,β-unsaturated/α-hetero) is 2. The van der Waals surface area contributed by atoms with E-state index in [0.29, 0.717) is 87.8 Å². The summed E-state index contributed by atoms with van der Waals surface area (Å²) in [6.45, 7) is 10.5. The second kappa shape index (κ2) is 23.6. The number of carboxylic acid groups (broad SMARTS) is 1. The molecule has 2 N–H and O–H groups in total. The average Bonchev–Trinajstić information content (AvgIpc) is 4.26. The van der Waals surface area contributed by atoms with Crippen LogP contribution in [0, 0.1) is 5.41 Å². The van der Waals surface area contributed by atoms with E-state index in [1.54, 1.807) is 51.1 Å². The van der Waals surface area contributed by atoms with Crippen LogP contribution in [0.25, 0.3) is 28.6 Å². The van der Waals surface area contributed by atoms with Crippen molar-refractivity contribution >= 4 is 105 Å². The summed E-state index contributed by atoms with van der Waals surface area (Å²) in [7, 11) is 2.92. The van der Waals surface area contributed by atoms with Crippen LogP contribution in [-0.2, 0) is 54.8 Å². The van der Waals surface area contributed by atoms with Gasteiger partial charge in [0.1, 0.15) is 17.3 Å². The van der Waals surface area contributed by atoms with Crippen molar-refractivity contribution in [3.63, 3.8) is 0 Å². The van der Waals surface area contributed by atoms with Gasteiger partial charge in [0.05, 0.1) is 72.8 Å². The van der Waals surface area contributed by atoms with Crippen LogP contribution in [0.15, 0.2) is 93.9 Å². The van der Waals surface area contributed by atoms with Gasteiger partial charge in [-0.25, -0.2) is 9.59 Å². The number of halogens is 2. The Bertz CT molecular complexity index is 3430. The number of aliphatic carboxylic acids is 1. The van der Waals surface area contributed by atoms with Crippen molar-refractivity contribution in [3.05, 3.63) is 130 Å². The predicted octanol–water partition coefficient (Wildman–Crippen LogP) is 6.34. The van der Waals surface area contributed by atoms with Gasteiger partial charge in [0.15, 0.2) is 0 Å². The van der Waals surface area contributed by atoms with Gasteiger partial charge in [-0.2, -0.15) is 19.6 Å². The molecule has 75 heavy (non-hydrogen) atoms. The number of esters is 1. The number of nitrogens with one attached hydrogen (secondary N) is 1. The van der Waals surface area contributed by atoms with Gasteiger partial charge in [-0.15, -0.1) is 22.7 Å². The lowest BCUT2D eigenvalue weighted by atomic mass is 9.96. The number of hydrogen-bond acceptors (Lipinski definition) is 19. The normalized spacial score (nSPS) is 12.4. The summed E-state index contributed by atoms with van der Waals surface area (Å²) >= 11 is 14.9. The van der Waals surface area contributed by atoms with Crippen molar-refractivity contribution in [1.29, 1.82) is 0 Å². The molecule has 0 aliphatic carbocycles. The van der Waals surface area contributed by atoms with Gasteiger partial charge in [-0.05, 0) is 35.9 Å². The number of hydrogen-bond donors (Lipinski definition) is 2. The summed E-state index contributed by atoms with van der Waals surface area (Å²) < 4.78 is 20.9. The Morgan fingerprint density at radius 1 is 0.880 bits per heavy atom. The topological polar surface area (TPSA) is 265 Å². The molecule has 0 unspecified atom stereocenters. The lowest BCUT2D eigenvalue weighted by Crippen LogP contribution is -2.41. The molecule has 0 saturated carbocycles. The molecule has 8 rings (SSSR count). The van der Waals surface area contributed by atoms with Gasteiger partial charge in [0.2, 0.25) is 5.76 Å². The summed E-state index contributed by atoms with van der Waals surface area (Å²) in [4.78, 5) is 105. The van der Waals surface area contributed by atoms with E-state index in [0.717, 1.165) is 30.7 Å². The van der Waals surface area contributed by atoms with Crippen LogP contribution in [0.3, 0.4) is 0 Å². The van der Waals surface area contributed by atoms with Crippen molar-refractivity contribution < 1.29 is 47.9 Å². The van der Waals surface area contributed by atoms with Crippen molar-refractivity contribution in [2.45, 2.75) is 47.0 Å². The monoisotopic (exact) mass is 1100 g/mol. The van der Waals surface area contributed by atoms with E-state index < -0.39 is 59.0 Å². The lowest BCUT2D eigenvalue weighted by Gasteiger charge is -2.30. The van der Waals surface area contributed by atoms with Crippen molar-refractivity contribution in [1.82, 2.24) is 33.9 Å². The van der Waals surface area contributed by atoms with Gasteiger partial charge in [-0.1, -0.05) is 61.8 Å². The van der Waals surface area contributed by atoms with Crippen LogP contribution in [0.5, 0.6) is 0 Å². The number of pyridine rings is 2. The highest BCUT2D eigenvalue weighted by atomic mass is 35.5. The van der Waals surface area contributed by atoms with Gasteiger partial charge < -0.3 is 43.4 Å². The quantitative estimate of drug-likeness (QED) is 0.0744. The lowest BCUT2D eigenvalue weighted by molar-refractivity contribution is -0.151. The number of carbonyl (C=O) groups is 6. The van der Waals surface area contributed by atoms with Gasteiger partial charge in [0.25, 0.3) is 28.6 Å². The second-order valence-electron chi connectivity index (χ2n) is 17.6. The van der Waals surface area contributed by atoms with E-state index in [-0.39, 0.29) is 17.4 Å². The molecule has 0 aromatic carbocycles. The zero-order valence-corrected chi connectivity index (χ0v) is 44.0. The maximum atomic E-state index is 13.7. The summed E-state index contributed by atoms with van der Waals surface area (Å²) in [5.41, 5.74) is 0.412. The zero-order valence-electron chi connectivity index (χ0n) is 40.9. The molecule has 22 nitrogen and oxygen atoms in total. The minimum Gasteiger partial charge on any atom is -0.475 e. The molecule has 26 heteroatoms. The van der Waals surface area contributed by atoms with E-state index >= 15 is 0 Å². The zero-order chi connectivity index (χ0) is 54.3. The molecule has 7 aromatic heterocycles. The summed E-state index contributed by atoms with van der Waals surface area (Å²) in [6.07, 6.45) is 5.58. The SMILES string of the molecule is C=Cc1cn(CC(=O)C(=O)O)c(=O)cc1-c1cc(N(C)Cc2ccc(Cl)s2)n(C(=O)C(C)(C)C)n1.COC(=O)C(=O)Cn1ccc(-c2cc(NCc3ccc(Cl)s3)n(C(=O)c3ccno3)n2)c(N2CCOCC2)c1=O. The smallest absolute Gasteiger partial charge is 0.376 e. The van der Waals surface area contributed by atoms with Gasteiger partial charge in [-0.3, -0.25) is 28.8 Å². The van der Waals surface area contributed by atoms with Gasteiger partial charge in [0, 0.05) is 83.1 Å². The molecule has 8 heterocycles. The fourth-order valence-electron chi connectivity index (χ4n) is 7.48. The molecule has 392 valence electrons. The third-order valence-corrected chi connectivity index (χ3v) is 13.7. The van der Waals surface area contributed by atoms with E-state index in [2.05, 4.69) is 32.0 Å². The number of anilines is 3. The molecule has 0 atom stereocenters. The van der Waals surface area contributed by atoms with Gasteiger partial charge >= 0.3 is 17.8 Å². The third-order valence-electron chi connectivity index (χ3n) is 11.2. The molecular formula is C49H48Cl2N10O12S2. The van der Waals surface area contributed by atoms with Crippen molar-refractivity contribution in [3.8, 4) is 22.5 Å². The first-order valence-electron chi connectivity index (χ1n) is 22.6. The Hall–Kier alpha value is -7.77. The molecule has 0 radical (unpaired) electrons. The number of ketones is 2. The van der Waals surface area contributed by atoms with Crippen molar-refractivity contribution in [2.24, 2.45) is 5.41 Å². The number of carboxylic acids is 1. The second-order valence-corrected chi connectivity index (χ2v) is 21.2. The highest BCUT2D eigenvalue weighted by Crippen LogP contribution is 2.33. The average molecular weight is 1100 g/mol. The molecule has 0 bridgehead atoms. The van der Waals surface area contributed by atoms with Crippen LogP contribution < -0.4 is 26.2 Å². The number of morpholine rings is 1. The van der Waals surface area contributed by atoms with Crippen LogP contribution in [0.4, 0.5) is 17.3 Å². The fourth-order valence-corrected chi connectivity index (χ4v) is 9.65. The first-order valence-corrected chi connectivity index (χ1v) is 25.0. The molecule has 0 spiro atoms. The molecule has 1 aliphatic heterocycles. The maximum absolute atomic E-state index is 13.7. The highest BCUT2D eigenvalue weighted by molar-refractivity contribution is 7.16.